The summed E-state index contributed by atoms with van der Waals surface area (Å²) in [6, 6.07) is 6.34. The molecule has 0 unspecified atom stereocenters. The second-order valence-electron chi connectivity index (χ2n) is 4.68. The van der Waals surface area contributed by atoms with Crippen LogP contribution < -0.4 is 5.32 Å². The summed E-state index contributed by atoms with van der Waals surface area (Å²) in [6.07, 6.45) is 2.41. The molecule has 0 spiro atoms. The van der Waals surface area contributed by atoms with Crippen LogP contribution in [-0.2, 0) is 13.1 Å². The minimum absolute atomic E-state index is 0.867. The maximum Gasteiger partial charge on any atom is 0.0547 e. The monoisotopic (exact) mass is 249 g/mol. The highest BCUT2D eigenvalue weighted by Crippen LogP contribution is 2.05. The molecule has 0 radical (unpaired) electrons. The van der Waals surface area contributed by atoms with E-state index in [2.05, 4.69) is 49.2 Å². The molecule has 0 atom stereocenters. The maximum atomic E-state index is 4.71. The molecule has 3 heteroatoms. The first-order valence-electron chi connectivity index (χ1n) is 7.18. The first-order valence-corrected chi connectivity index (χ1v) is 7.18. The van der Waals surface area contributed by atoms with Crippen molar-refractivity contribution >= 4 is 0 Å². The average molecular weight is 249 g/mol. The molecule has 0 amide bonds. The number of hydrogen-bond donors (Lipinski definition) is 1. The molecule has 0 saturated carbocycles. The fourth-order valence-electron chi connectivity index (χ4n) is 2.10. The Morgan fingerprint density at radius 3 is 2.33 bits per heavy atom. The minimum Gasteiger partial charge on any atom is -0.311 e. The lowest BCUT2D eigenvalue weighted by molar-refractivity contribution is 0.263. The Bertz CT molecular complexity index is 319. The molecule has 0 bridgehead atoms. The number of rotatable bonds is 9. The molecule has 0 aliphatic heterocycles. The molecular formula is C15H27N3. The molecule has 1 rings (SSSR count). The molecule has 1 N–H and O–H groups in total. The summed E-state index contributed by atoms with van der Waals surface area (Å²) in [5, 5.41) is 3.32. The van der Waals surface area contributed by atoms with Gasteiger partial charge in [-0.2, -0.15) is 0 Å². The van der Waals surface area contributed by atoms with Gasteiger partial charge in [-0.25, -0.2) is 0 Å². The predicted octanol–water partition coefficient (Wildman–Crippen LogP) is 2.81. The summed E-state index contributed by atoms with van der Waals surface area (Å²) in [5.74, 6) is 0. The average Bonchev–Trinajstić information content (AvgIpc) is 2.37. The lowest BCUT2D eigenvalue weighted by atomic mass is 10.2. The van der Waals surface area contributed by atoms with E-state index < -0.39 is 0 Å². The van der Waals surface area contributed by atoms with Gasteiger partial charge in [0, 0.05) is 13.1 Å². The highest BCUT2D eigenvalue weighted by molar-refractivity contribution is 5.11. The van der Waals surface area contributed by atoms with Gasteiger partial charge in [-0.3, -0.25) is 9.88 Å². The van der Waals surface area contributed by atoms with Crippen LogP contribution in [0.4, 0.5) is 0 Å². The van der Waals surface area contributed by atoms with Crippen molar-refractivity contribution in [2.24, 2.45) is 0 Å². The third-order valence-electron chi connectivity index (χ3n) is 2.89. The molecule has 1 aromatic heterocycles. The van der Waals surface area contributed by atoms with Crippen LogP contribution in [0, 0.1) is 0 Å². The van der Waals surface area contributed by atoms with E-state index in [1.165, 1.54) is 18.5 Å². The number of nitrogens with zero attached hydrogens (tertiary/aromatic N) is 2. The molecule has 1 aromatic rings. The molecule has 18 heavy (non-hydrogen) atoms. The Kier molecular flexibility index (Phi) is 7.62. The van der Waals surface area contributed by atoms with Gasteiger partial charge >= 0.3 is 0 Å². The summed E-state index contributed by atoms with van der Waals surface area (Å²) in [5.41, 5.74) is 2.33. The Morgan fingerprint density at radius 2 is 1.72 bits per heavy atom. The predicted molar refractivity (Wildman–Crippen MR) is 77.5 cm³/mol. The van der Waals surface area contributed by atoms with Gasteiger partial charge in [-0.1, -0.05) is 26.8 Å². The summed E-state index contributed by atoms with van der Waals surface area (Å²) >= 11 is 0. The normalized spacial score (nSPS) is 11.1. The second kappa shape index (κ2) is 9.06. The molecule has 0 aliphatic rings. The van der Waals surface area contributed by atoms with Crippen LogP contribution in [0.15, 0.2) is 18.2 Å². The third-order valence-corrected chi connectivity index (χ3v) is 2.89. The van der Waals surface area contributed by atoms with Crippen molar-refractivity contribution in [3.8, 4) is 0 Å². The summed E-state index contributed by atoms with van der Waals surface area (Å²) < 4.78 is 0. The van der Waals surface area contributed by atoms with Crippen molar-refractivity contribution in [1.82, 2.24) is 15.2 Å². The van der Waals surface area contributed by atoms with Gasteiger partial charge in [0.25, 0.3) is 0 Å². The van der Waals surface area contributed by atoms with Crippen LogP contribution in [0.25, 0.3) is 0 Å². The maximum absolute atomic E-state index is 4.71. The highest BCUT2D eigenvalue weighted by atomic mass is 15.1. The van der Waals surface area contributed by atoms with E-state index >= 15 is 0 Å². The Hall–Kier alpha value is -0.930. The van der Waals surface area contributed by atoms with Crippen molar-refractivity contribution < 1.29 is 0 Å². The Balaban J connectivity index is 2.58. The highest BCUT2D eigenvalue weighted by Gasteiger charge is 2.05. The van der Waals surface area contributed by atoms with Crippen molar-refractivity contribution in [1.29, 1.82) is 0 Å². The summed E-state index contributed by atoms with van der Waals surface area (Å²) in [7, 11) is 0. The molecule has 0 aliphatic carbocycles. The number of nitrogens with one attached hydrogen (secondary N) is 1. The van der Waals surface area contributed by atoms with Gasteiger partial charge in [0.15, 0.2) is 0 Å². The molecule has 1 heterocycles. The Labute approximate surface area is 112 Å². The molecule has 3 nitrogen and oxygen atoms in total. The summed E-state index contributed by atoms with van der Waals surface area (Å²) in [6.45, 7) is 11.7. The first kappa shape index (κ1) is 15.1. The van der Waals surface area contributed by atoms with Crippen LogP contribution >= 0.6 is 0 Å². The number of aromatic nitrogens is 1. The van der Waals surface area contributed by atoms with Crippen molar-refractivity contribution in [2.45, 2.75) is 46.7 Å². The van der Waals surface area contributed by atoms with Crippen molar-refractivity contribution in [2.75, 3.05) is 19.6 Å². The smallest absolute Gasteiger partial charge is 0.0547 e. The van der Waals surface area contributed by atoms with E-state index in [-0.39, 0.29) is 0 Å². The van der Waals surface area contributed by atoms with Crippen LogP contribution in [0.2, 0.25) is 0 Å². The molecule has 0 aromatic carbocycles. The zero-order valence-corrected chi connectivity index (χ0v) is 12.1. The van der Waals surface area contributed by atoms with Gasteiger partial charge in [0.2, 0.25) is 0 Å². The van der Waals surface area contributed by atoms with E-state index in [9.17, 15) is 0 Å². The SMILES string of the molecule is CCCN(CCC)Cc1cccc(CNCC)n1. The fraction of sp³-hybridized carbons (Fsp3) is 0.667. The quantitative estimate of drug-likeness (QED) is 0.729. The first-order chi connectivity index (χ1) is 8.80. The third kappa shape index (κ3) is 5.61. The van der Waals surface area contributed by atoms with E-state index in [0.717, 1.165) is 38.4 Å². The van der Waals surface area contributed by atoms with Crippen molar-refractivity contribution in [3.05, 3.63) is 29.6 Å². The molecular weight excluding hydrogens is 222 g/mol. The van der Waals surface area contributed by atoms with E-state index in [1.54, 1.807) is 0 Å². The van der Waals surface area contributed by atoms with E-state index in [4.69, 9.17) is 4.98 Å². The van der Waals surface area contributed by atoms with Gasteiger partial charge in [0.05, 0.1) is 11.4 Å². The van der Waals surface area contributed by atoms with E-state index in [0.29, 0.717) is 0 Å². The van der Waals surface area contributed by atoms with Crippen molar-refractivity contribution in [3.63, 3.8) is 0 Å². The number of pyridine rings is 1. The van der Waals surface area contributed by atoms with Gasteiger partial charge in [-0.05, 0) is 44.6 Å². The summed E-state index contributed by atoms with van der Waals surface area (Å²) in [4.78, 5) is 7.20. The Morgan fingerprint density at radius 1 is 1.06 bits per heavy atom. The minimum atomic E-state index is 0.867. The fourth-order valence-corrected chi connectivity index (χ4v) is 2.10. The zero-order valence-electron chi connectivity index (χ0n) is 12.1. The van der Waals surface area contributed by atoms with E-state index in [1.807, 2.05) is 0 Å². The lowest BCUT2D eigenvalue weighted by Crippen LogP contribution is -2.25. The molecule has 102 valence electrons. The van der Waals surface area contributed by atoms with Crippen LogP contribution in [0.1, 0.15) is 45.0 Å². The lowest BCUT2D eigenvalue weighted by Gasteiger charge is -2.20. The largest absolute Gasteiger partial charge is 0.311 e. The molecule has 0 saturated heterocycles. The zero-order chi connectivity index (χ0) is 13.2. The molecule has 0 fully saturated rings. The van der Waals surface area contributed by atoms with Crippen LogP contribution in [0.3, 0.4) is 0 Å². The standard InChI is InChI=1S/C15H27N3/c1-4-10-18(11-5-2)13-15-9-7-8-14(17-15)12-16-6-3/h7-9,16H,4-6,10-13H2,1-3H3. The van der Waals surface area contributed by atoms with Gasteiger partial charge < -0.3 is 5.32 Å². The van der Waals surface area contributed by atoms with Gasteiger partial charge in [0.1, 0.15) is 0 Å². The topological polar surface area (TPSA) is 28.2 Å². The van der Waals surface area contributed by atoms with Crippen LogP contribution in [-0.4, -0.2) is 29.5 Å². The van der Waals surface area contributed by atoms with Gasteiger partial charge in [-0.15, -0.1) is 0 Å². The van der Waals surface area contributed by atoms with Crippen LogP contribution in [0.5, 0.6) is 0 Å². The second-order valence-corrected chi connectivity index (χ2v) is 4.68. The number of hydrogen-bond acceptors (Lipinski definition) is 3.